The van der Waals surface area contributed by atoms with Gasteiger partial charge in [0, 0.05) is 18.3 Å². The van der Waals surface area contributed by atoms with Crippen LogP contribution in [0, 0.1) is 0 Å². The van der Waals surface area contributed by atoms with Crippen molar-refractivity contribution in [3.05, 3.63) is 37.2 Å². The number of carbonyl (C=O) groups is 1. The minimum Gasteiger partial charge on any atom is -0.493 e. The van der Waals surface area contributed by atoms with Crippen molar-refractivity contribution in [1.29, 1.82) is 0 Å². The lowest BCUT2D eigenvalue weighted by Crippen LogP contribution is -2.23. The Labute approximate surface area is 145 Å². The zero-order valence-electron chi connectivity index (χ0n) is 13.9. The number of allylic oxidation sites excluding steroid dienone is 1. The van der Waals surface area contributed by atoms with Crippen LogP contribution in [-0.2, 0) is 11.3 Å². The van der Waals surface area contributed by atoms with Crippen molar-refractivity contribution in [3.63, 3.8) is 0 Å². The Bertz CT molecular complexity index is 717. The molecule has 0 aliphatic rings. The van der Waals surface area contributed by atoms with E-state index in [0.717, 1.165) is 0 Å². The number of hydrogen-bond acceptors (Lipinski definition) is 6. The molecule has 0 fully saturated rings. The zero-order valence-corrected chi connectivity index (χ0v) is 14.7. The maximum Gasteiger partial charge on any atom is 0.237 e. The quantitative estimate of drug-likeness (QED) is 0.584. The fraction of sp³-hybridized carbons (Fsp3) is 0.312. The van der Waals surface area contributed by atoms with Gasteiger partial charge in [-0.15, -0.1) is 16.8 Å². The molecule has 0 saturated carbocycles. The highest BCUT2D eigenvalue weighted by molar-refractivity contribution is 8.00. The molecule has 0 bridgehead atoms. The Morgan fingerprint density at radius 3 is 2.83 bits per heavy atom. The second-order valence-electron chi connectivity index (χ2n) is 4.87. The maximum absolute atomic E-state index is 12.4. The fourth-order valence-electron chi connectivity index (χ4n) is 1.97. The molecular weight excluding hydrogens is 328 g/mol. The Morgan fingerprint density at radius 2 is 2.17 bits per heavy atom. The molecule has 7 nitrogen and oxygen atoms in total. The minimum atomic E-state index is -0.342. The molecule has 0 aliphatic heterocycles. The minimum absolute atomic E-state index is 0.139. The summed E-state index contributed by atoms with van der Waals surface area (Å²) in [6.07, 6.45) is 3.37. The highest BCUT2D eigenvalue weighted by atomic mass is 32.2. The van der Waals surface area contributed by atoms with Gasteiger partial charge in [0.1, 0.15) is 6.33 Å². The molecular formula is C16H20N4O3S. The van der Waals surface area contributed by atoms with Gasteiger partial charge in [-0.3, -0.25) is 4.79 Å². The van der Waals surface area contributed by atoms with E-state index in [2.05, 4.69) is 22.1 Å². The summed E-state index contributed by atoms with van der Waals surface area (Å²) in [5.41, 5.74) is 0.637. The third kappa shape index (κ3) is 4.29. The molecule has 128 valence electrons. The summed E-state index contributed by atoms with van der Waals surface area (Å²) in [6.45, 7) is 6.10. The van der Waals surface area contributed by atoms with Crippen LogP contribution in [0.15, 0.2) is 42.3 Å². The van der Waals surface area contributed by atoms with Gasteiger partial charge in [-0.05, 0) is 19.1 Å². The second-order valence-corrected chi connectivity index (χ2v) is 6.18. The molecule has 1 aromatic heterocycles. The first-order valence-electron chi connectivity index (χ1n) is 7.27. The number of benzene rings is 1. The van der Waals surface area contributed by atoms with E-state index in [4.69, 9.17) is 9.47 Å². The molecule has 2 rings (SSSR count). The van der Waals surface area contributed by atoms with E-state index in [1.807, 2.05) is 11.5 Å². The SMILES string of the molecule is C=CCn1cnnc1S[C@H](C)C(=O)Nc1ccc(OC)c(OC)c1. The van der Waals surface area contributed by atoms with E-state index in [1.54, 1.807) is 44.8 Å². The predicted octanol–water partition coefficient (Wildman–Crippen LogP) is 2.60. The molecule has 0 saturated heterocycles. The van der Waals surface area contributed by atoms with Gasteiger partial charge in [0.25, 0.3) is 0 Å². The smallest absolute Gasteiger partial charge is 0.237 e. The maximum atomic E-state index is 12.4. The fourth-order valence-corrected chi connectivity index (χ4v) is 2.80. The lowest BCUT2D eigenvalue weighted by Gasteiger charge is -2.13. The molecule has 24 heavy (non-hydrogen) atoms. The summed E-state index contributed by atoms with van der Waals surface area (Å²) < 4.78 is 12.2. The first-order chi connectivity index (χ1) is 11.6. The van der Waals surface area contributed by atoms with Crippen molar-refractivity contribution in [3.8, 4) is 11.5 Å². The van der Waals surface area contributed by atoms with Crippen LogP contribution in [0.25, 0.3) is 0 Å². The van der Waals surface area contributed by atoms with Gasteiger partial charge in [0.05, 0.1) is 19.5 Å². The number of nitrogens with one attached hydrogen (secondary N) is 1. The van der Waals surface area contributed by atoms with E-state index < -0.39 is 0 Å². The molecule has 1 heterocycles. The van der Waals surface area contributed by atoms with Gasteiger partial charge in [-0.2, -0.15) is 0 Å². The van der Waals surface area contributed by atoms with Crippen molar-refractivity contribution in [2.24, 2.45) is 0 Å². The average molecular weight is 348 g/mol. The van der Waals surface area contributed by atoms with Crippen molar-refractivity contribution in [2.75, 3.05) is 19.5 Å². The van der Waals surface area contributed by atoms with Gasteiger partial charge in [-0.25, -0.2) is 0 Å². The molecule has 1 N–H and O–H groups in total. The van der Waals surface area contributed by atoms with E-state index >= 15 is 0 Å². The zero-order chi connectivity index (χ0) is 17.5. The Morgan fingerprint density at radius 1 is 1.42 bits per heavy atom. The lowest BCUT2D eigenvalue weighted by atomic mass is 10.2. The summed E-state index contributed by atoms with van der Waals surface area (Å²) in [5.74, 6) is 1.03. The average Bonchev–Trinajstić information content (AvgIpc) is 3.02. The number of hydrogen-bond donors (Lipinski definition) is 1. The van der Waals surface area contributed by atoms with Crippen LogP contribution in [0.2, 0.25) is 0 Å². The number of ether oxygens (including phenoxy) is 2. The second kappa shape index (κ2) is 8.39. The van der Waals surface area contributed by atoms with Crippen molar-refractivity contribution < 1.29 is 14.3 Å². The highest BCUT2D eigenvalue weighted by Gasteiger charge is 2.18. The van der Waals surface area contributed by atoms with Crippen LogP contribution in [0.4, 0.5) is 5.69 Å². The summed E-state index contributed by atoms with van der Waals surface area (Å²) in [6, 6.07) is 5.22. The molecule has 0 unspecified atom stereocenters. The van der Waals surface area contributed by atoms with Crippen molar-refractivity contribution >= 4 is 23.4 Å². The number of thioether (sulfide) groups is 1. The van der Waals surface area contributed by atoms with Gasteiger partial charge < -0.3 is 19.4 Å². The summed E-state index contributed by atoms with van der Waals surface area (Å²) in [5, 5.41) is 11.1. The van der Waals surface area contributed by atoms with Gasteiger partial charge >= 0.3 is 0 Å². The molecule has 2 aromatic rings. The number of methoxy groups -OCH3 is 2. The molecule has 0 aliphatic carbocycles. The van der Waals surface area contributed by atoms with E-state index in [-0.39, 0.29) is 11.2 Å². The highest BCUT2D eigenvalue weighted by Crippen LogP contribution is 2.30. The largest absolute Gasteiger partial charge is 0.493 e. The predicted molar refractivity (Wildman–Crippen MR) is 93.7 cm³/mol. The summed E-state index contributed by atoms with van der Waals surface area (Å²) >= 11 is 1.34. The number of aromatic nitrogens is 3. The number of rotatable bonds is 8. The summed E-state index contributed by atoms with van der Waals surface area (Å²) in [7, 11) is 3.11. The van der Waals surface area contributed by atoms with Gasteiger partial charge in [0.15, 0.2) is 16.7 Å². The topological polar surface area (TPSA) is 78.3 Å². The number of amides is 1. The first kappa shape index (κ1) is 17.9. The molecule has 8 heteroatoms. The van der Waals surface area contributed by atoms with Gasteiger partial charge in [0.2, 0.25) is 5.91 Å². The number of nitrogens with zero attached hydrogens (tertiary/aromatic N) is 3. The van der Waals surface area contributed by atoms with Crippen molar-refractivity contribution in [2.45, 2.75) is 23.9 Å². The van der Waals surface area contributed by atoms with Crippen molar-refractivity contribution in [1.82, 2.24) is 14.8 Å². The normalized spacial score (nSPS) is 11.6. The van der Waals surface area contributed by atoms with Crippen LogP contribution in [0.1, 0.15) is 6.92 Å². The van der Waals surface area contributed by atoms with Crippen LogP contribution >= 0.6 is 11.8 Å². The first-order valence-corrected chi connectivity index (χ1v) is 8.15. The van der Waals surface area contributed by atoms with Crippen LogP contribution in [-0.4, -0.2) is 40.1 Å². The Balaban J connectivity index is 2.03. The standard InChI is InChI=1S/C16H20N4O3S/c1-5-8-20-10-17-19-16(20)24-11(2)15(21)18-12-6-7-13(22-3)14(9-12)23-4/h5-7,9-11H,1,8H2,2-4H3,(H,18,21)/t11-/m1/s1. The Hall–Kier alpha value is -2.48. The van der Waals surface area contributed by atoms with E-state index in [0.29, 0.717) is 28.9 Å². The molecule has 0 radical (unpaired) electrons. The van der Waals surface area contributed by atoms with Crippen LogP contribution in [0.3, 0.4) is 0 Å². The number of carbonyl (C=O) groups excluding carboxylic acids is 1. The van der Waals surface area contributed by atoms with E-state index in [9.17, 15) is 4.79 Å². The van der Waals surface area contributed by atoms with E-state index in [1.165, 1.54) is 11.8 Å². The third-order valence-electron chi connectivity index (χ3n) is 3.21. The lowest BCUT2D eigenvalue weighted by molar-refractivity contribution is -0.115. The third-order valence-corrected chi connectivity index (χ3v) is 4.30. The Kier molecular flexibility index (Phi) is 6.25. The molecule has 0 spiro atoms. The molecule has 1 aromatic carbocycles. The molecule has 1 atom stereocenters. The van der Waals surface area contributed by atoms with Crippen LogP contribution in [0.5, 0.6) is 11.5 Å². The van der Waals surface area contributed by atoms with Gasteiger partial charge in [-0.1, -0.05) is 17.8 Å². The molecule has 1 amide bonds. The monoisotopic (exact) mass is 348 g/mol. The van der Waals surface area contributed by atoms with Crippen LogP contribution < -0.4 is 14.8 Å². The summed E-state index contributed by atoms with van der Waals surface area (Å²) in [4.78, 5) is 12.4. The number of anilines is 1.